The van der Waals surface area contributed by atoms with Crippen molar-refractivity contribution in [3.8, 4) is 0 Å². The summed E-state index contributed by atoms with van der Waals surface area (Å²) in [5.74, 6) is 0. The molecule has 22 heavy (non-hydrogen) atoms. The lowest BCUT2D eigenvalue weighted by atomic mass is 10.1. The molecule has 1 aromatic carbocycles. The average molecular weight is 323 g/mol. The van der Waals surface area contributed by atoms with Crippen molar-refractivity contribution in [3.63, 3.8) is 0 Å². The summed E-state index contributed by atoms with van der Waals surface area (Å²) in [6, 6.07) is 10.5. The van der Waals surface area contributed by atoms with Crippen molar-refractivity contribution in [1.82, 2.24) is 13.5 Å². The predicted octanol–water partition coefficient (Wildman–Crippen LogP) is 1.19. The Morgan fingerprint density at radius 3 is 2.05 bits per heavy atom. The fraction of sp³-hybridized carbons (Fsp3) is 0.625. The molecule has 0 radical (unpaired) electrons. The molecule has 6 heteroatoms. The maximum absolute atomic E-state index is 12.5. The first kappa shape index (κ1) is 15.9. The van der Waals surface area contributed by atoms with E-state index >= 15 is 0 Å². The Labute approximate surface area is 133 Å². The number of hydrogen-bond donors (Lipinski definition) is 0. The van der Waals surface area contributed by atoms with Gasteiger partial charge in [0.05, 0.1) is 0 Å². The Bertz CT molecular complexity index is 562. The summed E-state index contributed by atoms with van der Waals surface area (Å²) in [6.07, 6.45) is 3.02. The van der Waals surface area contributed by atoms with Crippen molar-refractivity contribution < 1.29 is 8.42 Å². The quantitative estimate of drug-likeness (QED) is 0.817. The van der Waals surface area contributed by atoms with Gasteiger partial charge in [0, 0.05) is 45.8 Å². The molecular formula is C16H25N3O2S. The summed E-state index contributed by atoms with van der Waals surface area (Å²) < 4.78 is 28.3. The highest BCUT2D eigenvalue weighted by molar-refractivity contribution is 7.86. The lowest BCUT2D eigenvalue weighted by Gasteiger charge is -2.35. The van der Waals surface area contributed by atoms with Gasteiger partial charge in [-0.3, -0.25) is 0 Å². The summed E-state index contributed by atoms with van der Waals surface area (Å²) in [7, 11) is -3.21. The molecule has 2 aliphatic heterocycles. The SMILES string of the molecule is O=S(=O)(N1CCCC1)N1CCN(CCc2ccccc2)CC1. The van der Waals surface area contributed by atoms with Crippen LogP contribution in [-0.2, 0) is 16.6 Å². The standard InChI is InChI=1S/C16H25N3O2S/c20-22(21,18-9-4-5-10-18)19-14-12-17(13-15-19)11-8-16-6-2-1-3-7-16/h1-3,6-7H,4-5,8-15H2. The Hall–Kier alpha value is -0.950. The molecule has 0 spiro atoms. The van der Waals surface area contributed by atoms with E-state index < -0.39 is 10.2 Å². The first-order valence-electron chi connectivity index (χ1n) is 8.18. The molecule has 0 saturated carbocycles. The molecule has 2 fully saturated rings. The number of rotatable bonds is 5. The smallest absolute Gasteiger partial charge is 0.282 e. The fourth-order valence-corrected chi connectivity index (χ4v) is 4.87. The highest BCUT2D eigenvalue weighted by Gasteiger charge is 2.33. The highest BCUT2D eigenvalue weighted by Crippen LogP contribution is 2.18. The third kappa shape index (κ3) is 3.68. The van der Waals surface area contributed by atoms with E-state index in [0.717, 1.165) is 38.9 Å². The number of nitrogens with zero attached hydrogens (tertiary/aromatic N) is 3. The molecule has 1 aromatic rings. The van der Waals surface area contributed by atoms with Gasteiger partial charge in [0.25, 0.3) is 10.2 Å². The van der Waals surface area contributed by atoms with E-state index in [-0.39, 0.29) is 0 Å². The van der Waals surface area contributed by atoms with Crippen LogP contribution in [0.1, 0.15) is 18.4 Å². The summed E-state index contributed by atoms with van der Waals surface area (Å²) in [6.45, 7) is 5.29. The molecule has 0 unspecified atom stereocenters. The third-order valence-corrected chi connectivity index (χ3v) is 6.64. The molecule has 2 aliphatic rings. The highest BCUT2D eigenvalue weighted by atomic mass is 32.2. The lowest BCUT2D eigenvalue weighted by Crippen LogP contribution is -2.52. The van der Waals surface area contributed by atoms with Crippen LogP contribution >= 0.6 is 0 Å². The molecule has 0 bridgehead atoms. The minimum Gasteiger partial charge on any atom is -0.300 e. The van der Waals surface area contributed by atoms with Crippen LogP contribution in [0.2, 0.25) is 0 Å². The monoisotopic (exact) mass is 323 g/mol. The zero-order valence-corrected chi connectivity index (χ0v) is 13.8. The van der Waals surface area contributed by atoms with Gasteiger partial charge >= 0.3 is 0 Å². The van der Waals surface area contributed by atoms with Crippen LogP contribution < -0.4 is 0 Å². The van der Waals surface area contributed by atoms with Crippen LogP contribution in [0.15, 0.2) is 30.3 Å². The van der Waals surface area contributed by atoms with E-state index in [2.05, 4.69) is 29.2 Å². The van der Waals surface area contributed by atoms with Gasteiger partial charge in [-0.25, -0.2) is 0 Å². The molecule has 0 aliphatic carbocycles. The predicted molar refractivity (Wildman–Crippen MR) is 87.9 cm³/mol. The van der Waals surface area contributed by atoms with Crippen LogP contribution in [0.25, 0.3) is 0 Å². The first-order chi connectivity index (χ1) is 10.7. The lowest BCUT2D eigenvalue weighted by molar-refractivity contribution is 0.184. The van der Waals surface area contributed by atoms with Crippen LogP contribution in [0.3, 0.4) is 0 Å². The second-order valence-corrected chi connectivity index (χ2v) is 8.02. The van der Waals surface area contributed by atoms with Gasteiger partial charge in [-0.2, -0.15) is 17.0 Å². The number of hydrogen-bond acceptors (Lipinski definition) is 3. The van der Waals surface area contributed by atoms with Crippen molar-refractivity contribution >= 4 is 10.2 Å². The van der Waals surface area contributed by atoms with E-state index in [0.29, 0.717) is 26.2 Å². The average Bonchev–Trinajstić information content (AvgIpc) is 3.10. The van der Waals surface area contributed by atoms with E-state index in [1.165, 1.54) is 5.56 Å². The molecule has 0 aromatic heterocycles. The first-order valence-corrected chi connectivity index (χ1v) is 9.57. The molecule has 0 N–H and O–H groups in total. The van der Waals surface area contributed by atoms with Crippen molar-refractivity contribution in [2.75, 3.05) is 45.8 Å². The number of piperazine rings is 1. The summed E-state index contributed by atoms with van der Waals surface area (Å²) in [5.41, 5.74) is 1.34. The Morgan fingerprint density at radius 1 is 0.818 bits per heavy atom. The van der Waals surface area contributed by atoms with Gasteiger partial charge in [0.1, 0.15) is 0 Å². The molecule has 3 rings (SSSR count). The van der Waals surface area contributed by atoms with Gasteiger partial charge < -0.3 is 4.90 Å². The van der Waals surface area contributed by atoms with Crippen LogP contribution in [0.5, 0.6) is 0 Å². The van der Waals surface area contributed by atoms with Crippen LogP contribution in [0.4, 0.5) is 0 Å². The maximum atomic E-state index is 12.5. The molecule has 2 heterocycles. The van der Waals surface area contributed by atoms with Crippen LogP contribution in [-0.4, -0.2) is 67.7 Å². The minimum absolute atomic E-state index is 0.619. The van der Waals surface area contributed by atoms with E-state index in [1.54, 1.807) is 8.61 Å². The second-order valence-electron chi connectivity index (χ2n) is 6.09. The maximum Gasteiger partial charge on any atom is 0.282 e. The van der Waals surface area contributed by atoms with Crippen molar-refractivity contribution in [2.45, 2.75) is 19.3 Å². The molecule has 5 nitrogen and oxygen atoms in total. The molecule has 0 atom stereocenters. The molecule has 2 saturated heterocycles. The van der Waals surface area contributed by atoms with Gasteiger partial charge in [-0.15, -0.1) is 0 Å². The van der Waals surface area contributed by atoms with E-state index in [9.17, 15) is 8.42 Å². The Morgan fingerprint density at radius 2 is 1.41 bits per heavy atom. The molecule has 0 amide bonds. The zero-order chi connectivity index (χ0) is 15.4. The zero-order valence-electron chi connectivity index (χ0n) is 13.0. The summed E-state index contributed by atoms with van der Waals surface area (Å²) in [5, 5.41) is 0. The topological polar surface area (TPSA) is 43.9 Å². The van der Waals surface area contributed by atoms with Crippen LogP contribution in [0, 0.1) is 0 Å². The van der Waals surface area contributed by atoms with Crippen molar-refractivity contribution in [2.24, 2.45) is 0 Å². The molecular weight excluding hydrogens is 298 g/mol. The van der Waals surface area contributed by atoms with Gasteiger partial charge in [-0.1, -0.05) is 30.3 Å². The Balaban J connectivity index is 1.48. The van der Waals surface area contributed by atoms with Crippen molar-refractivity contribution in [3.05, 3.63) is 35.9 Å². The van der Waals surface area contributed by atoms with Gasteiger partial charge in [-0.05, 0) is 24.8 Å². The normalized spacial score (nSPS) is 22.2. The fourth-order valence-electron chi connectivity index (χ4n) is 3.20. The largest absolute Gasteiger partial charge is 0.300 e. The Kier molecular flexibility index (Phi) is 5.13. The summed E-state index contributed by atoms with van der Waals surface area (Å²) >= 11 is 0. The van der Waals surface area contributed by atoms with E-state index in [4.69, 9.17) is 0 Å². The van der Waals surface area contributed by atoms with E-state index in [1.807, 2.05) is 6.07 Å². The summed E-state index contributed by atoms with van der Waals surface area (Å²) in [4.78, 5) is 2.36. The van der Waals surface area contributed by atoms with Gasteiger partial charge in [0.15, 0.2) is 0 Å². The third-order valence-electron chi connectivity index (χ3n) is 4.61. The minimum atomic E-state index is -3.21. The number of benzene rings is 1. The van der Waals surface area contributed by atoms with Crippen molar-refractivity contribution in [1.29, 1.82) is 0 Å². The van der Waals surface area contributed by atoms with Gasteiger partial charge in [0.2, 0.25) is 0 Å². The second kappa shape index (κ2) is 7.08. The molecule has 122 valence electrons.